The molecule has 4 fully saturated rings. The molecular weight excluding hydrogens is 305 g/mol. The highest BCUT2D eigenvalue weighted by Gasteiger charge is 2.55. The van der Waals surface area contributed by atoms with Gasteiger partial charge in [0.1, 0.15) is 5.82 Å². The Kier molecular flexibility index (Phi) is 3.69. The largest absolute Gasteiger partial charge is 0.336 e. The van der Waals surface area contributed by atoms with Gasteiger partial charge in [0.2, 0.25) is 5.91 Å². The zero-order valence-corrected chi connectivity index (χ0v) is 14.4. The number of nitrogens with two attached hydrogens (primary N) is 1. The Balaban J connectivity index is 1.71. The average molecular weight is 331 g/mol. The van der Waals surface area contributed by atoms with E-state index in [1.807, 2.05) is 17.0 Å². The van der Waals surface area contributed by atoms with E-state index in [1.165, 1.54) is 12.1 Å². The summed E-state index contributed by atoms with van der Waals surface area (Å²) < 4.78 is 13.3. The highest BCUT2D eigenvalue weighted by atomic mass is 19.1. The second-order valence-electron chi connectivity index (χ2n) is 8.19. The maximum Gasteiger partial charge on any atom is 0.242 e. The molecule has 5 heteroatoms. The Labute approximate surface area is 142 Å². The molecule has 3 atom stereocenters. The Morgan fingerprint density at radius 1 is 1.17 bits per heavy atom. The van der Waals surface area contributed by atoms with Crippen molar-refractivity contribution in [1.82, 2.24) is 9.80 Å². The second kappa shape index (κ2) is 5.53. The predicted octanol–water partition coefficient (Wildman–Crippen LogP) is 1.95. The summed E-state index contributed by atoms with van der Waals surface area (Å²) in [7, 11) is 0. The number of carbonyl (C=O) groups excluding carboxylic acids is 1. The molecule has 5 rings (SSSR count). The SMILES string of the molecule is CC(C)(N)C(=O)N1C[C@@H](c2ccc(F)cc2)[C@@H]2[C@H]1C1CCN2CC1. The van der Waals surface area contributed by atoms with Gasteiger partial charge in [0.25, 0.3) is 0 Å². The lowest BCUT2D eigenvalue weighted by Crippen LogP contribution is -2.63. The lowest BCUT2D eigenvalue weighted by atomic mass is 9.75. The highest BCUT2D eigenvalue weighted by Crippen LogP contribution is 2.46. The standard InChI is InChI=1S/C19H26FN3O/c1-19(2,21)18(24)23-11-15(12-3-5-14(20)6-4-12)17-16(23)13-7-9-22(17)10-8-13/h3-6,13,15-17H,7-11,21H2,1-2H3/t15-,16+,17+/m0/s1. The smallest absolute Gasteiger partial charge is 0.242 e. The fourth-order valence-corrected chi connectivity index (χ4v) is 5.03. The van der Waals surface area contributed by atoms with Crippen molar-refractivity contribution < 1.29 is 9.18 Å². The second-order valence-corrected chi connectivity index (χ2v) is 8.19. The third kappa shape index (κ3) is 2.45. The van der Waals surface area contributed by atoms with Crippen LogP contribution in [0.15, 0.2) is 24.3 Å². The molecule has 4 aliphatic heterocycles. The number of nitrogens with zero attached hydrogens (tertiary/aromatic N) is 2. The van der Waals surface area contributed by atoms with Crippen LogP contribution < -0.4 is 5.73 Å². The van der Waals surface area contributed by atoms with Crippen molar-refractivity contribution in [3.63, 3.8) is 0 Å². The van der Waals surface area contributed by atoms with Crippen molar-refractivity contribution in [3.05, 3.63) is 35.6 Å². The lowest BCUT2D eigenvalue weighted by molar-refractivity contribution is -0.140. The summed E-state index contributed by atoms with van der Waals surface area (Å²) >= 11 is 0. The molecule has 0 saturated carbocycles. The Bertz CT molecular complexity index is 631. The number of fused-ring (bicyclic) bond motifs is 2. The molecule has 0 spiro atoms. The zero-order valence-electron chi connectivity index (χ0n) is 14.4. The number of benzene rings is 1. The van der Waals surface area contributed by atoms with Gasteiger partial charge in [0, 0.05) is 18.5 Å². The molecule has 4 aliphatic rings. The van der Waals surface area contributed by atoms with Gasteiger partial charge in [0.05, 0.1) is 11.6 Å². The first-order chi connectivity index (χ1) is 11.4. The van der Waals surface area contributed by atoms with E-state index < -0.39 is 5.54 Å². The summed E-state index contributed by atoms with van der Waals surface area (Å²) in [6.07, 6.45) is 2.32. The molecule has 2 bridgehead atoms. The molecule has 4 saturated heterocycles. The van der Waals surface area contributed by atoms with Gasteiger partial charge in [-0.25, -0.2) is 4.39 Å². The van der Waals surface area contributed by atoms with E-state index >= 15 is 0 Å². The van der Waals surface area contributed by atoms with E-state index in [1.54, 1.807) is 13.8 Å². The summed E-state index contributed by atoms with van der Waals surface area (Å²) in [5, 5.41) is 0. The van der Waals surface area contributed by atoms with Crippen LogP contribution in [-0.4, -0.2) is 53.0 Å². The van der Waals surface area contributed by atoms with E-state index in [-0.39, 0.29) is 23.7 Å². The number of piperidine rings is 3. The molecule has 1 aromatic carbocycles. The first-order valence-corrected chi connectivity index (χ1v) is 8.96. The first-order valence-electron chi connectivity index (χ1n) is 8.96. The topological polar surface area (TPSA) is 49.6 Å². The van der Waals surface area contributed by atoms with Gasteiger partial charge in [-0.05, 0) is 63.4 Å². The van der Waals surface area contributed by atoms with Gasteiger partial charge in [0.15, 0.2) is 0 Å². The Hall–Kier alpha value is -1.46. The fourth-order valence-electron chi connectivity index (χ4n) is 5.03. The first kappa shape index (κ1) is 16.0. The average Bonchev–Trinajstić information content (AvgIpc) is 2.97. The molecule has 4 nitrogen and oxygen atoms in total. The van der Waals surface area contributed by atoms with Crippen LogP contribution in [0, 0.1) is 11.7 Å². The van der Waals surface area contributed by atoms with E-state index in [2.05, 4.69) is 4.90 Å². The molecule has 0 aromatic heterocycles. The van der Waals surface area contributed by atoms with Crippen molar-refractivity contribution in [3.8, 4) is 0 Å². The number of hydrogen-bond acceptors (Lipinski definition) is 3. The molecule has 24 heavy (non-hydrogen) atoms. The number of hydrogen-bond donors (Lipinski definition) is 1. The molecule has 4 heterocycles. The summed E-state index contributed by atoms with van der Waals surface area (Å²) in [5.41, 5.74) is 6.40. The maximum atomic E-state index is 13.3. The Morgan fingerprint density at radius 3 is 2.38 bits per heavy atom. The lowest BCUT2D eigenvalue weighted by Gasteiger charge is -2.51. The number of carbonyl (C=O) groups is 1. The normalized spacial score (nSPS) is 35.2. The van der Waals surface area contributed by atoms with Crippen molar-refractivity contribution in [2.24, 2.45) is 11.7 Å². The third-order valence-electron chi connectivity index (χ3n) is 6.10. The minimum absolute atomic E-state index is 0.0378. The van der Waals surface area contributed by atoms with Crippen LogP contribution in [0.1, 0.15) is 38.2 Å². The van der Waals surface area contributed by atoms with Crippen LogP contribution in [0.2, 0.25) is 0 Å². The van der Waals surface area contributed by atoms with Crippen molar-refractivity contribution in [2.75, 3.05) is 19.6 Å². The van der Waals surface area contributed by atoms with Crippen molar-refractivity contribution >= 4 is 5.91 Å². The van der Waals surface area contributed by atoms with Crippen LogP contribution in [-0.2, 0) is 4.79 Å². The van der Waals surface area contributed by atoms with Gasteiger partial charge >= 0.3 is 0 Å². The monoisotopic (exact) mass is 331 g/mol. The van der Waals surface area contributed by atoms with Crippen LogP contribution in [0.4, 0.5) is 4.39 Å². The number of rotatable bonds is 2. The highest BCUT2D eigenvalue weighted by molar-refractivity contribution is 5.86. The van der Waals surface area contributed by atoms with Crippen LogP contribution in [0.25, 0.3) is 0 Å². The van der Waals surface area contributed by atoms with E-state index in [0.717, 1.165) is 31.5 Å². The molecule has 1 aromatic rings. The molecule has 130 valence electrons. The molecule has 2 N–H and O–H groups in total. The fraction of sp³-hybridized carbons (Fsp3) is 0.632. The van der Waals surface area contributed by atoms with Gasteiger partial charge in [-0.15, -0.1) is 0 Å². The van der Waals surface area contributed by atoms with Crippen LogP contribution >= 0.6 is 0 Å². The van der Waals surface area contributed by atoms with Gasteiger partial charge in [-0.3, -0.25) is 9.69 Å². The van der Waals surface area contributed by atoms with Gasteiger partial charge < -0.3 is 10.6 Å². The molecule has 0 radical (unpaired) electrons. The van der Waals surface area contributed by atoms with Crippen LogP contribution in [0.3, 0.4) is 0 Å². The molecular formula is C19H26FN3O. The summed E-state index contributed by atoms with van der Waals surface area (Å²) in [6.45, 7) is 6.48. The predicted molar refractivity (Wildman–Crippen MR) is 91.0 cm³/mol. The molecule has 1 amide bonds. The van der Waals surface area contributed by atoms with E-state index in [9.17, 15) is 9.18 Å². The van der Waals surface area contributed by atoms with Crippen molar-refractivity contribution in [2.45, 2.75) is 50.2 Å². The number of halogens is 1. The Morgan fingerprint density at radius 2 is 1.79 bits per heavy atom. The third-order valence-corrected chi connectivity index (χ3v) is 6.10. The van der Waals surface area contributed by atoms with E-state index in [0.29, 0.717) is 18.5 Å². The summed E-state index contributed by atoms with van der Waals surface area (Å²) in [5.74, 6) is 0.632. The van der Waals surface area contributed by atoms with Gasteiger partial charge in [-0.2, -0.15) is 0 Å². The number of likely N-dealkylation sites (tertiary alicyclic amines) is 1. The summed E-state index contributed by atoms with van der Waals surface area (Å²) in [6, 6.07) is 7.40. The van der Waals surface area contributed by atoms with Crippen molar-refractivity contribution in [1.29, 1.82) is 0 Å². The quantitative estimate of drug-likeness (QED) is 0.901. The number of amides is 1. The zero-order chi connectivity index (χ0) is 17.1. The molecule has 0 unspecified atom stereocenters. The van der Waals surface area contributed by atoms with E-state index in [4.69, 9.17) is 5.73 Å². The van der Waals surface area contributed by atoms with Crippen LogP contribution in [0.5, 0.6) is 0 Å². The summed E-state index contributed by atoms with van der Waals surface area (Å²) in [4.78, 5) is 17.5. The maximum absolute atomic E-state index is 13.3. The molecule has 0 aliphatic carbocycles. The minimum Gasteiger partial charge on any atom is -0.336 e. The van der Waals surface area contributed by atoms with Gasteiger partial charge in [-0.1, -0.05) is 12.1 Å². The minimum atomic E-state index is -0.853.